The van der Waals surface area contributed by atoms with Crippen LogP contribution in [-0.4, -0.2) is 44.7 Å². The molecule has 0 bridgehead atoms. The van der Waals surface area contributed by atoms with Crippen LogP contribution < -0.4 is 10.5 Å². The fourth-order valence-corrected chi connectivity index (χ4v) is 2.75. The number of ether oxygens (including phenoxy) is 2. The van der Waals surface area contributed by atoms with E-state index in [0.717, 1.165) is 22.4 Å². The average Bonchev–Trinajstić information content (AvgIpc) is 2.66. The fourth-order valence-electron chi connectivity index (χ4n) is 2.75. The molecule has 0 saturated carbocycles. The molecule has 5 nitrogen and oxygen atoms in total. The molecule has 1 amide bonds. The summed E-state index contributed by atoms with van der Waals surface area (Å²) in [5.41, 5.74) is 8.99. The molecular weight excluding hydrogens is 352 g/mol. The number of nitrogens with two attached hydrogens (primary N) is 1. The first-order valence-electron chi connectivity index (χ1n) is 8.24. The Balaban J connectivity index is 0.00000338. The van der Waals surface area contributed by atoms with Gasteiger partial charge in [0.05, 0.1) is 19.8 Å². The first-order valence-corrected chi connectivity index (χ1v) is 8.24. The van der Waals surface area contributed by atoms with E-state index in [-0.39, 0.29) is 31.0 Å². The highest BCUT2D eigenvalue weighted by atomic mass is 35.5. The van der Waals surface area contributed by atoms with Crippen molar-refractivity contribution >= 4 is 18.3 Å². The molecule has 6 heteroatoms. The number of halogens is 1. The van der Waals surface area contributed by atoms with E-state index in [4.69, 9.17) is 15.2 Å². The third kappa shape index (κ3) is 4.97. The molecule has 0 aliphatic rings. The molecule has 2 rings (SSSR count). The van der Waals surface area contributed by atoms with E-state index in [9.17, 15) is 4.79 Å². The van der Waals surface area contributed by atoms with Crippen molar-refractivity contribution in [2.24, 2.45) is 5.73 Å². The summed E-state index contributed by atoms with van der Waals surface area (Å²) in [5.74, 6) is 0.698. The van der Waals surface area contributed by atoms with E-state index in [1.807, 2.05) is 55.5 Å². The van der Waals surface area contributed by atoms with Gasteiger partial charge in [0.2, 0.25) is 5.91 Å². The number of carbonyl (C=O) groups excluding carboxylic acids is 1. The Kier molecular flexibility index (Phi) is 8.58. The normalized spacial score (nSPS) is 12.7. The lowest BCUT2D eigenvalue weighted by molar-refractivity contribution is -0.134. The molecule has 2 aromatic rings. The van der Waals surface area contributed by atoms with E-state index < -0.39 is 6.04 Å². The summed E-state index contributed by atoms with van der Waals surface area (Å²) >= 11 is 0. The zero-order chi connectivity index (χ0) is 18.4. The van der Waals surface area contributed by atoms with E-state index in [0.29, 0.717) is 0 Å². The van der Waals surface area contributed by atoms with Gasteiger partial charge in [-0.15, -0.1) is 12.4 Å². The Morgan fingerprint density at radius 1 is 1.12 bits per heavy atom. The molecule has 2 N–H and O–H groups in total. The lowest BCUT2D eigenvalue weighted by Gasteiger charge is -2.28. The molecule has 0 heterocycles. The average molecular weight is 379 g/mol. The minimum absolute atomic E-state index is 0. The number of amides is 1. The van der Waals surface area contributed by atoms with E-state index >= 15 is 0 Å². The van der Waals surface area contributed by atoms with Crippen molar-refractivity contribution in [3.8, 4) is 16.9 Å². The van der Waals surface area contributed by atoms with Crippen LogP contribution >= 0.6 is 12.4 Å². The molecular formula is C20H27ClN2O3. The lowest BCUT2D eigenvalue weighted by atomic mass is 10.00. The smallest absolute Gasteiger partial charge is 0.242 e. The lowest BCUT2D eigenvalue weighted by Crippen LogP contribution is -2.45. The quantitative estimate of drug-likeness (QED) is 0.803. The fraction of sp³-hybridized carbons (Fsp3) is 0.350. The predicted octanol–water partition coefficient (Wildman–Crippen LogP) is 3.28. The topological polar surface area (TPSA) is 64.8 Å². The Morgan fingerprint density at radius 3 is 2.31 bits per heavy atom. The molecule has 26 heavy (non-hydrogen) atoms. The van der Waals surface area contributed by atoms with E-state index in [1.54, 1.807) is 19.1 Å². The first kappa shape index (κ1) is 22.0. The highest BCUT2D eigenvalue weighted by molar-refractivity contribution is 5.85. The monoisotopic (exact) mass is 378 g/mol. The number of para-hydroxylation sites is 1. The Hall–Kier alpha value is -2.08. The van der Waals surface area contributed by atoms with E-state index in [1.165, 1.54) is 7.11 Å². The number of benzene rings is 2. The molecule has 2 atom stereocenters. The van der Waals surface area contributed by atoms with Crippen LogP contribution in [0, 0.1) is 0 Å². The van der Waals surface area contributed by atoms with Crippen LogP contribution in [0.4, 0.5) is 0 Å². The van der Waals surface area contributed by atoms with Gasteiger partial charge in [0.15, 0.2) is 0 Å². The van der Waals surface area contributed by atoms with Crippen molar-refractivity contribution < 1.29 is 14.3 Å². The molecule has 0 radical (unpaired) electrons. The molecule has 0 aliphatic carbocycles. The number of rotatable bonds is 7. The molecule has 0 aliphatic heterocycles. The second kappa shape index (κ2) is 10.2. The summed E-state index contributed by atoms with van der Waals surface area (Å²) in [5, 5.41) is 0. The SMILES string of the molecule is COCC(N)C(=O)N(C)C(C)c1ccc(-c2ccccc2OC)cc1.Cl. The minimum atomic E-state index is -0.648. The molecule has 0 fully saturated rings. The van der Waals surface area contributed by atoms with Gasteiger partial charge in [0.1, 0.15) is 11.8 Å². The summed E-state index contributed by atoms with van der Waals surface area (Å²) in [6.45, 7) is 2.19. The van der Waals surface area contributed by atoms with Gasteiger partial charge < -0.3 is 20.1 Å². The third-order valence-corrected chi connectivity index (χ3v) is 4.40. The number of nitrogens with zero attached hydrogens (tertiary/aromatic N) is 1. The number of methoxy groups -OCH3 is 2. The van der Waals surface area contributed by atoms with Crippen LogP contribution in [0.25, 0.3) is 11.1 Å². The number of hydrogen-bond acceptors (Lipinski definition) is 4. The number of likely N-dealkylation sites (N-methyl/N-ethyl adjacent to an activating group) is 1. The van der Waals surface area contributed by atoms with Crippen LogP contribution in [0.2, 0.25) is 0 Å². The molecule has 0 saturated heterocycles. The Bertz CT molecular complexity index is 706. The number of hydrogen-bond donors (Lipinski definition) is 1. The maximum absolute atomic E-state index is 12.3. The van der Waals surface area contributed by atoms with Crippen LogP contribution in [0.5, 0.6) is 5.75 Å². The van der Waals surface area contributed by atoms with Gasteiger partial charge in [-0.2, -0.15) is 0 Å². The van der Waals surface area contributed by atoms with Gasteiger partial charge in [-0.05, 0) is 24.1 Å². The predicted molar refractivity (Wildman–Crippen MR) is 107 cm³/mol. The van der Waals surface area contributed by atoms with Crippen molar-refractivity contribution in [3.63, 3.8) is 0 Å². The summed E-state index contributed by atoms with van der Waals surface area (Å²) in [6, 6.07) is 15.3. The Labute approximate surface area is 161 Å². The van der Waals surface area contributed by atoms with Gasteiger partial charge >= 0.3 is 0 Å². The number of carbonyl (C=O) groups is 1. The van der Waals surface area contributed by atoms with Crippen LogP contribution in [0.1, 0.15) is 18.5 Å². The Morgan fingerprint density at radius 2 is 1.73 bits per heavy atom. The summed E-state index contributed by atoms with van der Waals surface area (Å²) in [4.78, 5) is 14.0. The van der Waals surface area contributed by atoms with Gasteiger partial charge in [0.25, 0.3) is 0 Å². The summed E-state index contributed by atoms with van der Waals surface area (Å²) < 4.78 is 10.4. The van der Waals surface area contributed by atoms with Crippen LogP contribution in [-0.2, 0) is 9.53 Å². The third-order valence-electron chi connectivity index (χ3n) is 4.40. The van der Waals surface area contributed by atoms with Gasteiger partial charge in [-0.25, -0.2) is 0 Å². The highest BCUT2D eigenvalue weighted by Crippen LogP contribution is 2.31. The summed E-state index contributed by atoms with van der Waals surface area (Å²) in [7, 11) is 4.96. The van der Waals surface area contributed by atoms with Crippen molar-refractivity contribution in [1.29, 1.82) is 0 Å². The second-order valence-electron chi connectivity index (χ2n) is 6.01. The molecule has 2 aromatic carbocycles. The molecule has 2 unspecified atom stereocenters. The van der Waals surface area contributed by atoms with Crippen molar-refractivity contribution in [3.05, 3.63) is 54.1 Å². The molecule has 0 aromatic heterocycles. The molecule has 142 valence electrons. The van der Waals surface area contributed by atoms with E-state index in [2.05, 4.69) is 0 Å². The summed E-state index contributed by atoms with van der Waals surface area (Å²) in [6.07, 6.45) is 0. The zero-order valence-electron chi connectivity index (χ0n) is 15.6. The van der Waals surface area contributed by atoms with Crippen molar-refractivity contribution in [2.45, 2.75) is 19.0 Å². The second-order valence-corrected chi connectivity index (χ2v) is 6.01. The largest absolute Gasteiger partial charge is 0.496 e. The van der Waals surface area contributed by atoms with Crippen LogP contribution in [0.3, 0.4) is 0 Å². The van der Waals surface area contributed by atoms with Crippen LogP contribution in [0.15, 0.2) is 48.5 Å². The minimum Gasteiger partial charge on any atom is -0.496 e. The zero-order valence-corrected chi connectivity index (χ0v) is 16.5. The molecule has 0 spiro atoms. The van der Waals surface area contributed by atoms with Crippen molar-refractivity contribution in [2.75, 3.05) is 27.9 Å². The standard InChI is InChI=1S/C20H26N2O3.ClH/c1-14(22(2)20(23)18(21)13-24-3)15-9-11-16(12-10-15)17-7-5-6-8-19(17)25-4;/h5-12,14,18H,13,21H2,1-4H3;1H. The van der Waals surface area contributed by atoms with Gasteiger partial charge in [-0.1, -0.05) is 42.5 Å². The maximum atomic E-state index is 12.3. The highest BCUT2D eigenvalue weighted by Gasteiger charge is 2.23. The van der Waals surface area contributed by atoms with Crippen molar-refractivity contribution in [1.82, 2.24) is 4.90 Å². The van der Waals surface area contributed by atoms with Gasteiger partial charge in [0, 0.05) is 19.7 Å². The van der Waals surface area contributed by atoms with Gasteiger partial charge in [-0.3, -0.25) is 4.79 Å². The maximum Gasteiger partial charge on any atom is 0.242 e. The first-order chi connectivity index (χ1) is 12.0.